The van der Waals surface area contributed by atoms with Crippen molar-refractivity contribution < 1.29 is 17.9 Å². The summed E-state index contributed by atoms with van der Waals surface area (Å²) in [5.74, 6) is 2.07. The van der Waals surface area contributed by atoms with Crippen LogP contribution in [0, 0.1) is 12.3 Å². The Labute approximate surface area is 103 Å². The zero-order valence-corrected chi connectivity index (χ0v) is 9.63. The molecule has 2 nitrogen and oxygen atoms in total. The number of terminal acetylenes is 1. The van der Waals surface area contributed by atoms with Gasteiger partial charge in [0.25, 0.3) is 0 Å². The molecule has 1 aromatic carbocycles. The third-order valence-corrected chi connectivity index (χ3v) is 2.84. The third-order valence-electron chi connectivity index (χ3n) is 2.84. The van der Waals surface area contributed by atoms with E-state index in [4.69, 9.17) is 11.2 Å². The van der Waals surface area contributed by atoms with Crippen LogP contribution < -0.4 is 4.90 Å². The molecule has 1 heterocycles. The topological polar surface area (TPSA) is 12.5 Å². The predicted octanol–water partition coefficient (Wildman–Crippen LogP) is 2.52. The maximum absolute atomic E-state index is 12.8. The molecule has 0 aromatic heterocycles. The molecule has 0 radical (unpaired) electrons. The van der Waals surface area contributed by atoms with Crippen LogP contribution in [0.3, 0.4) is 0 Å². The number of ether oxygens (including phenoxy) is 1. The van der Waals surface area contributed by atoms with E-state index in [2.05, 4.69) is 5.92 Å². The first-order chi connectivity index (χ1) is 8.52. The van der Waals surface area contributed by atoms with Gasteiger partial charge in [0, 0.05) is 24.3 Å². The Hall–Kier alpha value is -1.67. The molecule has 0 bridgehead atoms. The number of hydrogen-bond acceptors (Lipinski definition) is 2. The number of alkyl halides is 3. The summed E-state index contributed by atoms with van der Waals surface area (Å²) in [7, 11) is 0. The second-order valence-corrected chi connectivity index (χ2v) is 3.97. The second-order valence-electron chi connectivity index (χ2n) is 3.97. The molecule has 0 saturated carbocycles. The molecule has 1 fully saturated rings. The average molecular weight is 255 g/mol. The van der Waals surface area contributed by atoms with Gasteiger partial charge in [-0.15, -0.1) is 6.42 Å². The van der Waals surface area contributed by atoms with Crippen molar-refractivity contribution in [2.75, 3.05) is 31.2 Å². The van der Waals surface area contributed by atoms with Crippen LogP contribution in [0.4, 0.5) is 18.9 Å². The zero-order chi connectivity index (χ0) is 13.2. The summed E-state index contributed by atoms with van der Waals surface area (Å²) in [6, 6.07) is 4.07. The van der Waals surface area contributed by atoms with E-state index < -0.39 is 11.7 Å². The molecule has 1 saturated heterocycles. The van der Waals surface area contributed by atoms with E-state index in [1.807, 2.05) is 4.90 Å². The van der Waals surface area contributed by atoms with E-state index in [9.17, 15) is 13.2 Å². The molecule has 0 spiro atoms. The zero-order valence-electron chi connectivity index (χ0n) is 9.63. The summed E-state index contributed by atoms with van der Waals surface area (Å²) in [6.07, 6.45) is 0.666. The standard InChI is InChI=1S/C13H12F3NO/c1-2-10-3-4-11(9-12(10)13(14,15)16)17-5-7-18-8-6-17/h1,3-4,9H,5-8H2. The lowest BCUT2D eigenvalue weighted by atomic mass is 10.1. The molecule has 18 heavy (non-hydrogen) atoms. The molecule has 5 heteroatoms. The predicted molar refractivity (Wildman–Crippen MR) is 62.4 cm³/mol. The van der Waals surface area contributed by atoms with E-state index in [1.54, 1.807) is 6.07 Å². The highest BCUT2D eigenvalue weighted by Gasteiger charge is 2.33. The molecule has 0 amide bonds. The quantitative estimate of drug-likeness (QED) is 0.715. The van der Waals surface area contributed by atoms with Crippen molar-refractivity contribution in [3.63, 3.8) is 0 Å². The van der Waals surface area contributed by atoms with Gasteiger partial charge in [0.1, 0.15) is 0 Å². The maximum atomic E-state index is 12.8. The Morgan fingerprint density at radius 2 is 1.89 bits per heavy atom. The molecule has 0 unspecified atom stereocenters. The van der Waals surface area contributed by atoms with Gasteiger partial charge in [-0.2, -0.15) is 13.2 Å². The summed E-state index contributed by atoms with van der Waals surface area (Å²) in [6.45, 7) is 2.23. The van der Waals surface area contributed by atoms with Crippen LogP contribution in [-0.4, -0.2) is 26.3 Å². The van der Waals surface area contributed by atoms with Crippen LogP contribution in [0.1, 0.15) is 11.1 Å². The molecule has 1 aliphatic rings. The summed E-state index contributed by atoms with van der Waals surface area (Å²) in [5, 5.41) is 0. The van der Waals surface area contributed by atoms with Gasteiger partial charge in [-0.25, -0.2) is 0 Å². The Balaban J connectivity index is 2.37. The van der Waals surface area contributed by atoms with E-state index in [0.29, 0.717) is 32.0 Å². The van der Waals surface area contributed by atoms with E-state index in [-0.39, 0.29) is 5.56 Å². The molecule has 1 aromatic rings. The number of anilines is 1. The van der Waals surface area contributed by atoms with Gasteiger partial charge in [0.05, 0.1) is 18.8 Å². The van der Waals surface area contributed by atoms with Crippen LogP contribution in [-0.2, 0) is 10.9 Å². The largest absolute Gasteiger partial charge is 0.417 e. The van der Waals surface area contributed by atoms with Crippen LogP contribution in [0.15, 0.2) is 18.2 Å². The monoisotopic (exact) mass is 255 g/mol. The molecular weight excluding hydrogens is 243 g/mol. The fourth-order valence-corrected chi connectivity index (χ4v) is 1.91. The molecular formula is C13H12F3NO. The summed E-state index contributed by atoms with van der Waals surface area (Å²) >= 11 is 0. The highest BCUT2D eigenvalue weighted by atomic mass is 19.4. The van der Waals surface area contributed by atoms with Crippen molar-refractivity contribution in [1.29, 1.82) is 0 Å². The van der Waals surface area contributed by atoms with Crippen LogP contribution in [0.5, 0.6) is 0 Å². The molecule has 96 valence electrons. The molecule has 1 aliphatic heterocycles. The smallest absolute Gasteiger partial charge is 0.378 e. The maximum Gasteiger partial charge on any atom is 0.417 e. The Kier molecular flexibility index (Phi) is 3.48. The molecule has 2 rings (SSSR count). The van der Waals surface area contributed by atoms with Crippen LogP contribution in [0.25, 0.3) is 0 Å². The summed E-state index contributed by atoms with van der Waals surface area (Å²) in [4.78, 5) is 1.86. The first-order valence-corrected chi connectivity index (χ1v) is 5.53. The second kappa shape index (κ2) is 4.91. The number of morpholine rings is 1. The van der Waals surface area contributed by atoms with Crippen molar-refractivity contribution in [2.24, 2.45) is 0 Å². The van der Waals surface area contributed by atoms with Crippen molar-refractivity contribution in [3.05, 3.63) is 29.3 Å². The fourth-order valence-electron chi connectivity index (χ4n) is 1.91. The van der Waals surface area contributed by atoms with Crippen molar-refractivity contribution in [3.8, 4) is 12.3 Å². The Morgan fingerprint density at radius 3 is 2.44 bits per heavy atom. The highest BCUT2D eigenvalue weighted by molar-refractivity contribution is 5.55. The highest BCUT2D eigenvalue weighted by Crippen LogP contribution is 2.34. The van der Waals surface area contributed by atoms with Gasteiger partial charge in [0.15, 0.2) is 0 Å². The first-order valence-electron chi connectivity index (χ1n) is 5.53. The number of benzene rings is 1. The lowest BCUT2D eigenvalue weighted by molar-refractivity contribution is -0.137. The molecule has 0 atom stereocenters. The number of hydrogen-bond donors (Lipinski definition) is 0. The van der Waals surface area contributed by atoms with Gasteiger partial charge in [-0.1, -0.05) is 5.92 Å². The lowest BCUT2D eigenvalue weighted by Gasteiger charge is -2.29. The average Bonchev–Trinajstić information content (AvgIpc) is 2.38. The SMILES string of the molecule is C#Cc1ccc(N2CCOCC2)cc1C(F)(F)F. The molecule has 0 aliphatic carbocycles. The van der Waals surface area contributed by atoms with Gasteiger partial charge in [-0.3, -0.25) is 0 Å². The summed E-state index contributed by atoms with van der Waals surface area (Å²) in [5.41, 5.74) is -0.349. The van der Waals surface area contributed by atoms with E-state index in [0.717, 1.165) is 6.07 Å². The van der Waals surface area contributed by atoms with Crippen LogP contribution >= 0.6 is 0 Å². The number of halogens is 3. The third kappa shape index (κ3) is 2.59. The van der Waals surface area contributed by atoms with Gasteiger partial charge in [-0.05, 0) is 18.2 Å². The summed E-state index contributed by atoms with van der Waals surface area (Å²) < 4.78 is 43.7. The van der Waals surface area contributed by atoms with Crippen molar-refractivity contribution in [2.45, 2.75) is 6.18 Å². The van der Waals surface area contributed by atoms with Crippen LogP contribution in [0.2, 0.25) is 0 Å². The lowest BCUT2D eigenvalue weighted by Crippen LogP contribution is -2.36. The van der Waals surface area contributed by atoms with Gasteiger partial charge in [0.2, 0.25) is 0 Å². The fraction of sp³-hybridized carbons (Fsp3) is 0.385. The minimum atomic E-state index is -4.43. The minimum Gasteiger partial charge on any atom is -0.378 e. The minimum absolute atomic E-state index is 0.125. The number of rotatable bonds is 1. The Morgan fingerprint density at radius 1 is 1.22 bits per heavy atom. The molecule has 0 N–H and O–H groups in total. The van der Waals surface area contributed by atoms with E-state index >= 15 is 0 Å². The van der Waals surface area contributed by atoms with E-state index in [1.165, 1.54) is 6.07 Å². The van der Waals surface area contributed by atoms with Crippen molar-refractivity contribution >= 4 is 5.69 Å². The van der Waals surface area contributed by atoms with Gasteiger partial charge >= 0.3 is 6.18 Å². The first kappa shape index (κ1) is 12.8. The van der Waals surface area contributed by atoms with Gasteiger partial charge < -0.3 is 9.64 Å². The van der Waals surface area contributed by atoms with Crippen molar-refractivity contribution in [1.82, 2.24) is 0 Å². The number of nitrogens with zero attached hydrogens (tertiary/aromatic N) is 1. The normalized spacial score (nSPS) is 16.4. The Bertz CT molecular complexity index is 470.